The molecular formula is C12H13N3O3. The van der Waals surface area contributed by atoms with Crippen LogP contribution in [0, 0.1) is 0 Å². The van der Waals surface area contributed by atoms with Gasteiger partial charge in [-0.3, -0.25) is 14.5 Å². The molecule has 0 aromatic heterocycles. The molecular weight excluding hydrogens is 234 g/mol. The van der Waals surface area contributed by atoms with Crippen molar-refractivity contribution < 1.29 is 14.4 Å². The van der Waals surface area contributed by atoms with Crippen LogP contribution in [0.4, 0.5) is 10.5 Å². The Hall–Kier alpha value is -2.37. The molecule has 94 valence electrons. The summed E-state index contributed by atoms with van der Waals surface area (Å²) in [6.07, 6.45) is 0. The molecule has 0 radical (unpaired) electrons. The van der Waals surface area contributed by atoms with Crippen molar-refractivity contribution in [2.24, 2.45) is 0 Å². The third-order valence-corrected chi connectivity index (χ3v) is 2.74. The number of rotatable bonds is 3. The van der Waals surface area contributed by atoms with Crippen molar-refractivity contribution in [3.05, 3.63) is 29.8 Å². The maximum absolute atomic E-state index is 11.9. The Balaban J connectivity index is 2.13. The second kappa shape index (κ2) is 4.48. The lowest BCUT2D eigenvalue weighted by atomic mass is 10.1. The minimum atomic E-state index is -0.447. The molecule has 1 aliphatic heterocycles. The summed E-state index contributed by atoms with van der Waals surface area (Å²) >= 11 is 0. The molecule has 0 atom stereocenters. The quantitative estimate of drug-likeness (QED) is 0.474. The van der Waals surface area contributed by atoms with Crippen LogP contribution in [0.25, 0.3) is 0 Å². The molecule has 1 saturated heterocycles. The van der Waals surface area contributed by atoms with Crippen molar-refractivity contribution in [1.29, 1.82) is 0 Å². The van der Waals surface area contributed by atoms with Crippen LogP contribution in [-0.2, 0) is 4.79 Å². The molecule has 18 heavy (non-hydrogen) atoms. The molecule has 0 aliphatic carbocycles. The van der Waals surface area contributed by atoms with Crippen LogP contribution in [0.3, 0.4) is 0 Å². The topological polar surface area (TPSA) is 83.7 Å². The highest BCUT2D eigenvalue weighted by Crippen LogP contribution is 2.12. The lowest BCUT2D eigenvalue weighted by Crippen LogP contribution is -2.36. The Labute approximate surface area is 104 Å². The number of hydrogen-bond acceptors (Lipinski definition) is 4. The van der Waals surface area contributed by atoms with E-state index in [0.29, 0.717) is 11.3 Å². The number of hydrogen-bond donors (Lipinski definition) is 1. The van der Waals surface area contributed by atoms with Crippen LogP contribution < -0.4 is 5.73 Å². The molecule has 0 spiro atoms. The van der Waals surface area contributed by atoms with Crippen molar-refractivity contribution in [2.75, 3.05) is 25.9 Å². The SMILES string of the molecule is CN1CC(=O)N(CC(=O)c2cccc(N)c2)C1=O. The van der Waals surface area contributed by atoms with E-state index in [4.69, 9.17) is 5.73 Å². The number of anilines is 1. The number of nitrogens with zero attached hydrogens (tertiary/aromatic N) is 2. The third-order valence-electron chi connectivity index (χ3n) is 2.74. The molecule has 1 fully saturated rings. The van der Waals surface area contributed by atoms with Gasteiger partial charge in [-0.15, -0.1) is 0 Å². The number of benzene rings is 1. The van der Waals surface area contributed by atoms with Gasteiger partial charge in [0.25, 0.3) is 5.91 Å². The van der Waals surface area contributed by atoms with Crippen LogP contribution in [0.15, 0.2) is 24.3 Å². The zero-order valence-corrected chi connectivity index (χ0v) is 9.92. The van der Waals surface area contributed by atoms with Gasteiger partial charge in [0.2, 0.25) is 0 Å². The summed E-state index contributed by atoms with van der Waals surface area (Å²) in [5.41, 5.74) is 6.44. The van der Waals surface area contributed by atoms with Crippen molar-refractivity contribution in [1.82, 2.24) is 9.80 Å². The summed E-state index contributed by atoms with van der Waals surface area (Å²) in [6, 6.07) is 6.00. The molecule has 6 heteroatoms. The van der Waals surface area contributed by atoms with E-state index in [1.807, 2.05) is 0 Å². The standard InChI is InChI=1S/C12H13N3O3/c1-14-7-11(17)15(12(14)18)6-10(16)8-3-2-4-9(13)5-8/h2-5H,6-7,13H2,1H3. The molecule has 0 bridgehead atoms. The molecule has 0 saturated carbocycles. The largest absolute Gasteiger partial charge is 0.399 e. The third kappa shape index (κ3) is 2.17. The molecule has 1 heterocycles. The van der Waals surface area contributed by atoms with Gasteiger partial charge in [0.15, 0.2) is 5.78 Å². The molecule has 2 N–H and O–H groups in total. The van der Waals surface area contributed by atoms with Gasteiger partial charge in [0.1, 0.15) is 6.54 Å². The summed E-state index contributed by atoms with van der Waals surface area (Å²) < 4.78 is 0. The molecule has 1 aromatic rings. The van der Waals surface area contributed by atoms with Gasteiger partial charge in [-0.05, 0) is 12.1 Å². The van der Waals surface area contributed by atoms with Crippen molar-refractivity contribution in [3.63, 3.8) is 0 Å². The number of Topliss-reactive ketones (excluding diaryl/α,β-unsaturated/α-hetero) is 1. The van der Waals surface area contributed by atoms with Crippen molar-refractivity contribution >= 4 is 23.4 Å². The minimum Gasteiger partial charge on any atom is -0.399 e. The fourth-order valence-electron chi connectivity index (χ4n) is 1.77. The number of nitrogens with two attached hydrogens (primary N) is 1. The lowest BCUT2D eigenvalue weighted by Gasteiger charge is -2.13. The molecule has 1 aromatic carbocycles. The van der Waals surface area contributed by atoms with E-state index in [0.717, 1.165) is 4.90 Å². The molecule has 3 amide bonds. The van der Waals surface area contributed by atoms with Crippen molar-refractivity contribution in [3.8, 4) is 0 Å². The van der Waals surface area contributed by atoms with Crippen LogP contribution in [0.5, 0.6) is 0 Å². The predicted molar refractivity (Wildman–Crippen MR) is 64.9 cm³/mol. The van der Waals surface area contributed by atoms with Crippen molar-refractivity contribution in [2.45, 2.75) is 0 Å². The first-order valence-corrected chi connectivity index (χ1v) is 5.43. The number of likely N-dealkylation sites (N-methyl/N-ethyl adjacent to an activating group) is 1. The highest BCUT2D eigenvalue weighted by molar-refractivity contribution is 6.07. The van der Waals surface area contributed by atoms with Gasteiger partial charge >= 0.3 is 6.03 Å². The van der Waals surface area contributed by atoms with Gasteiger partial charge < -0.3 is 10.6 Å². The van der Waals surface area contributed by atoms with Crippen LogP contribution in [0.2, 0.25) is 0 Å². The van der Waals surface area contributed by atoms with E-state index >= 15 is 0 Å². The minimum absolute atomic E-state index is 0.0169. The van der Waals surface area contributed by atoms with E-state index in [2.05, 4.69) is 0 Å². The van der Waals surface area contributed by atoms with Gasteiger partial charge in [-0.25, -0.2) is 4.79 Å². The fraction of sp³-hybridized carbons (Fsp3) is 0.250. The van der Waals surface area contributed by atoms with E-state index in [1.165, 1.54) is 18.0 Å². The Kier molecular flexibility index (Phi) is 3.01. The van der Waals surface area contributed by atoms with Gasteiger partial charge in [-0.2, -0.15) is 0 Å². The summed E-state index contributed by atoms with van der Waals surface area (Å²) in [5.74, 6) is -0.668. The summed E-state index contributed by atoms with van der Waals surface area (Å²) in [5, 5.41) is 0. The number of carbonyl (C=O) groups is 3. The highest BCUT2D eigenvalue weighted by atomic mass is 16.2. The van der Waals surface area contributed by atoms with E-state index in [-0.39, 0.29) is 24.8 Å². The highest BCUT2D eigenvalue weighted by Gasteiger charge is 2.34. The average molecular weight is 247 g/mol. The van der Waals surface area contributed by atoms with E-state index in [1.54, 1.807) is 18.2 Å². The first-order chi connectivity index (χ1) is 8.49. The normalized spacial score (nSPS) is 15.4. The number of amides is 3. The lowest BCUT2D eigenvalue weighted by molar-refractivity contribution is -0.125. The van der Waals surface area contributed by atoms with Gasteiger partial charge in [0.05, 0.1) is 6.54 Å². The number of imide groups is 1. The van der Waals surface area contributed by atoms with E-state index < -0.39 is 6.03 Å². The molecule has 2 rings (SSSR count). The monoisotopic (exact) mass is 247 g/mol. The average Bonchev–Trinajstić information content (AvgIpc) is 2.56. The smallest absolute Gasteiger partial charge is 0.327 e. The van der Waals surface area contributed by atoms with Crippen LogP contribution >= 0.6 is 0 Å². The number of ketones is 1. The second-order valence-corrected chi connectivity index (χ2v) is 4.17. The first kappa shape index (κ1) is 12.1. The summed E-state index contributed by atoms with van der Waals surface area (Å²) in [4.78, 5) is 37.3. The zero-order valence-electron chi connectivity index (χ0n) is 9.92. The zero-order chi connectivity index (χ0) is 13.3. The maximum Gasteiger partial charge on any atom is 0.327 e. The van der Waals surface area contributed by atoms with Crippen LogP contribution in [0.1, 0.15) is 10.4 Å². The Morgan fingerprint density at radius 3 is 2.67 bits per heavy atom. The Morgan fingerprint density at radius 2 is 2.11 bits per heavy atom. The maximum atomic E-state index is 11.9. The molecule has 1 aliphatic rings. The predicted octanol–water partition coefficient (Wildman–Crippen LogP) is 0.345. The van der Waals surface area contributed by atoms with E-state index in [9.17, 15) is 14.4 Å². The molecule has 0 unspecified atom stereocenters. The number of carbonyl (C=O) groups excluding carboxylic acids is 3. The summed E-state index contributed by atoms with van der Waals surface area (Å²) in [7, 11) is 1.52. The fourth-order valence-corrected chi connectivity index (χ4v) is 1.77. The Morgan fingerprint density at radius 1 is 1.39 bits per heavy atom. The molecule has 6 nitrogen and oxygen atoms in total. The Bertz CT molecular complexity index is 527. The first-order valence-electron chi connectivity index (χ1n) is 5.43. The van der Waals surface area contributed by atoms with Crippen LogP contribution in [-0.4, -0.2) is 47.7 Å². The number of urea groups is 1. The second-order valence-electron chi connectivity index (χ2n) is 4.17. The summed E-state index contributed by atoms with van der Waals surface area (Å²) in [6.45, 7) is -0.228. The van der Waals surface area contributed by atoms with Gasteiger partial charge in [0, 0.05) is 18.3 Å². The number of nitrogen functional groups attached to an aromatic ring is 1. The van der Waals surface area contributed by atoms with Gasteiger partial charge in [-0.1, -0.05) is 12.1 Å².